The van der Waals surface area contributed by atoms with Gasteiger partial charge in [-0.1, -0.05) is 20.8 Å². The SMILES string of the molecule is CC(C)(C)c1cc2c(O)c(c1)COCc1cc(F)cc(c1O)COCc1cc(F)cc(c1O)COCc1cc(F)cc(c1O)COC2. The van der Waals surface area contributed by atoms with Gasteiger partial charge in [-0.15, -0.1) is 0 Å². The molecular weight excluding hydrogens is 617 g/mol. The van der Waals surface area contributed by atoms with Crippen molar-refractivity contribution in [2.45, 2.75) is 79.0 Å². The van der Waals surface area contributed by atoms with Gasteiger partial charge in [-0.2, -0.15) is 0 Å². The molecule has 4 aromatic carbocycles. The van der Waals surface area contributed by atoms with E-state index >= 15 is 0 Å². The monoisotopic (exact) mass is 654 g/mol. The molecule has 250 valence electrons. The minimum atomic E-state index is -0.673. The van der Waals surface area contributed by atoms with Gasteiger partial charge in [-0.25, -0.2) is 13.2 Å². The van der Waals surface area contributed by atoms with Crippen molar-refractivity contribution in [2.75, 3.05) is 0 Å². The zero-order valence-electron chi connectivity index (χ0n) is 26.3. The predicted octanol–water partition coefficient (Wildman–Crippen LogP) is 7.40. The van der Waals surface area contributed by atoms with Gasteiger partial charge in [-0.05, 0) is 59.5 Å². The summed E-state index contributed by atoms with van der Waals surface area (Å²) in [4.78, 5) is 0. The zero-order valence-corrected chi connectivity index (χ0v) is 26.3. The first-order valence-electron chi connectivity index (χ1n) is 15.0. The Hall–Kier alpha value is -4.29. The Morgan fingerprint density at radius 1 is 0.404 bits per heavy atom. The standard InChI is InChI=1S/C36H37F3O8/c1-36(2,3)28-4-20-12-44-14-22-6-29(37)8-24(33(22)41)16-46-18-26-10-31(39)11-27(35(26)43)19-47-17-25-9-30(38)7-23(34(25)42)15-45-13-21(5-28)32(20)40/h4-11,40-43H,12-19H2,1-3H3. The molecule has 0 fully saturated rings. The highest BCUT2D eigenvalue weighted by atomic mass is 19.1. The van der Waals surface area contributed by atoms with Crippen molar-refractivity contribution in [3.63, 3.8) is 0 Å². The van der Waals surface area contributed by atoms with Crippen LogP contribution in [-0.2, 0) is 77.2 Å². The topological polar surface area (TPSA) is 118 Å². The molecule has 47 heavy (non-hydrogen) atoms. The Bertz CT molecular complexity index is 1650. The molecule has 0 saturated carbocycles. The molecule has 0 aliphatic carbocycles. The van der Waals surface area contributed by atoms with Crippen LogP contribution < -0.4 is 0 Å². The summed E-state index contributed by atoms with van der Waals surface area (Å²) in [5.41, 5.74) is 2.14. The molecule has 5 rings (SSSR count). The molecule has 8 nitrogen and oxygen atoms in total. The molecule has 0 saturated heterocycles. The van der Waals surface area contributed by atoms with Crippen LogP contribution in [0.25, 0.3) is 0 Å². The fraction of sp³-hybridized carbons (Fsp3) is 0.333. The highest BCUT2D eigenvalue weighted by Gasteiger charge is 2.21. The first-order valence-corrected chi connectivity index (χ1v) is 15.0. The summed E-state index contributed by atoms with van der Waals surface area (Å²) < 4.78 is 66.4. The molecule has 0 radical (unpaired) electrons. The van der Waals surface area contributed by atoms with Crippen molar-refractivity contribution in [3.8, 4) is 23.0 Å². The first-order chi connectivity index (χ1) is 22.3. The maximum Gasteiger partial charge on any atom is 0.126 e. The number of fused-ring (bicyclic) bond motifs is 8. The van der Waals surface area contributed by atoms with Gasteiger partial charge >= 0.3 is 0 Å². The van der Waals surface area contributed by atoms with E-state index in [9.17, 15) is 33.6 Å². The summed E-state index contributed by atoms with van der Waals surface area (Å²) in [5, 5.41) is 43.6. The van der Waals surface area contributed by atoms with Crippen LogP contribution in [0.3, 0.4) is 0 Å². The van der Waals surface area contributed by atoms with E-state index in [1.165, 1.54) is 0 Å². The molecule has 0 amide bonds. The number of ether oxygens (including phenoxy) is 4. The summed E-state index contributed by atoms with van der Waals surface area (Å²) in [6.45, 7) is 4.36. The van der Waals surface area contributed by atoms with E-state index in [0.29, 0.717) is 11.1 Å². The van der Waals surface area contributed by atoms with E-state index in [2.05, 4.69) is 0 Å². The Labute approximate surface area is 270 Å². The Balaban J connectivity index is 1.48. The smallest absolute Gasteiger partial charge is 0.126 e. The van der Waals surface area contributed by atoms with Crippen molar-refractivity contribution < 1.29 is 52.5 Å². The quantitative estimate of drug-likeness (QED) is 0.155. The Morgan fingerprint density at radius 2 is 0.596 bits per heavy atom. The minimum absolute atomic E-state index is 0.0783. The number of hydrogen-bond donors (Lipinski definition) is 4. The van der Waals surface area contributed by atoms with Crippen LogP contribution in [0.15, 0.2) is 48.5 Å². The van der Waals surface area contributed by atoms with Gasteiger partial charge in [0.15, 0.2) is 0 Å². The number of aromatic hydroxyl groups is 4. The number of phenolic OH excluding ortho intramolecular Hbond substituents is 4. The van der Waals surface area contributed by atoms with Crippen molar-refractivity contribution in [1.29, 1.82) is 0 Å². The fourth-order valence-corrected chi connectivity index (χ4v) is 5.31. The molecule has 0 spiro atoms. The third-order valence-electron chi connectivity index (χ3n) is 7.89. The maximum atomic E-state index is 14.6. The van der Waals surface area contributed by atoms with E-state index < -0.39 is 17.5 Å². The van der Waals surface area contributed by atoms with Crippen LogP contribution in [0.5, 0.6) is 23.0 Å². The number of phenols is 4. The largest absolute Gasteiger partial charge is 0.507 e. The van der Waals surface area contributed by atoms with Gasteiger partial charge in [0.25, 0.3) is 0 Å². The molecule has 4 aromatic rings. The van der Waals surface area contributed by atoms with Crippen LogP contribution in [0.2, 0.25) is 0 Å². The van der Waals surface area contributed by atoms with E-state index in [1.54, 1.807) is 12.1 Å². The number of benzene rings is 4. The van der Waals surface area contributed by atoms with E-state index in [-0.39, 0.29) is 115 Å². The van der Waals surface area contributed by atoms with Crippen LogP contribution in [-0.4, -0.2) is 20.4 Å². The van der Waals surface area contributed by atoms with E-state index in [0.717, 1.165) is 42.0 Å². The summed E-state index contributed by atoms with van der Waals surface area (Å²) in [6, 6.07) is 10.2. The lowest BCUT2D eigenvalue weighted by molar-refractivity contribution is 0.0925. The minimum Gasteiger partial charge on any atom is -0.507 e. The molecule has 0 atom stereocenters. The van der Waals surface area contributed by atoms with Gasteiger partial charge in [0, 0.05) is 44.5 Å². The van der Waals surface area contributed by atoms with Crippen molar-refractivity contribution >= 4 is 0 Å². The summed E-state index contributed by atoms with van der Waals surface area (Å²) in [7, 11) is 0. The van der Waals surface area contributed by atoms with Crippen LogP contribution >= 0.6 is 0 Å². The lowest BCUT2D eigenvalue weighted by Crippen LogP contribution is -2.13. The summed E-state index contributed by atoms with van der Waals surface area (Å²) >= 11 is 0. The van der Waals surface area contributed by atoms with Crippen LogP contribution in [0, 0.1) is 17.5 Å². The number of rotatable bonds is 0. The molecule has 1 aliphatic heterocycles. The molecular formula is C36H37F3O8. The second-order valence-corrected chi connectivity index (χ2v) is 12.6. The molecule has 8 bridgehead atoms. The highest BCUT2D eigenvalue weighted by Crippen LogP contribution is 2.34. The molecule has 0 unspecified atom stereocenters. The predicted molar refractivity (Wildman–Crippen MR) is 165 cm³/mol. The van der Waals surface area contributed by atoms with Crippen LogP contribution in [0.4, 0.5) is 13.2 Å². The molecule has 11 heteroatoms. The summed E-state index contributed by atoms with van der Waals surface area (Å²) in [6.07, 6.45) is 0. The third-order valence-corrected chi connectivity index (χ3v) is 7.89. The third kappa shape index (κ3) is 8.17. The lowest BCUT2D eigenvalue weighted by Gasteiger charge is -2.23. The van der Waals surface area contributed by atoms with Crippen molar-refractivity contribution in [3.05, 3.63) is 116 Å². The van der Waals surface area contributed by atoms with Gasteiger partial charge in [-0.3, -0.25) is 0 Å². The Morgan fingerprint density at radius 3 is 0.787 bits per heavy atom. The zero-order chi connectivity index (χ0) is 33.9. The average molecular weight is 655 g/mol. The van der Waals surface area contributed by atoms with Gasteiger partial charge in [0.2, 0.25) is 0 Å². The van der Waals surface area contributed by atoms with Gasteiger partial charge in [0.05, 0.1) is 52.9 Å². The van der Waals surface area contributed by atoms with Crippen LogP contribution in [0.1, 0.15) is 70.8 Å². The van der Waals surface area contributed by atoms with Gasteiger partial charge in [0.1, 0.15) is 40.4 Å². The highest BCUT2D eigenvalue weighted by molar-refractivity contribution is 5.46. The molecule has 1 heterocycles. The fourth-order valence-electron chi connectivity index (χ4n) is 5.31. The number of hydrogen-bond acceptors (Lipinski definition) is 8. The van der Waals surface area contributed by atoms with Crippen molar-refractivity contribution in [1.82, 2.24) is 0 Å². The van der Waals surface area contributed by atoms with Crippen molar-refractivity contribution in [2.24, 2.45) is 0 Å². The molecule has 4 N–H and O–H groups in total. The first kappa shape index (κ1) is 34.1. The van der Waals surface area contributed by atoms with Gasteiger partial charge < -0.3 is 39.4 Å². The second kappa shape index (κ2) is 14.2. The normalized spacial score (nSPS) is 15.2. The lowest BCUT2D eigenvalue weighted by atomic mass is 9.85. The van der Waals surface area contributed by atoms with E-state index in [1.807, 2.05) is 20.8 Å². The summed E-state index contributed by atoms with van der Waals surface area (Å²) in [5.74, 6) is -2.81. The second-order valence-electron chi connectivity index (χ2n) is 12.6. The van der Waals surface area contributed by atoms with E-state index in [4.69, 9.17) is 18.9 Å². The molecule has 0 aromatic heterocycles. The number of halogens is 3. The maximum absolute atomic E-state index is 14.6. The molecule has 1 aliphatic rings. The Kier molecular flexibility index (Phi) is 10.3. The average Bonchev–Trinajstić information content (AvgIpc) is 2.99.